The molecule has 3 rings (SSSR count). The van der Waals surface area contributed by atoms with Gasteiger partial charge in [-0.3, -0.25) is 4.79 Å². The van der Waals surface area contributed by atoms with Crippen molar-refractivity contribution in [3.8, 4) is 11.5 Å². The lowest BCUT2D eigenvalue weighted by molar-refractivity contribution is -0.125. The van der Waals surface area contributed by atoms with Crippen LogP contribution in [0.3, 0.4) is 0 Å². The van der Waals surface area contributed by atoms with E-state index >= 15 is 0 Å². The van der Waals surface area contributed by atoms with E-state index in [2.05, 4.69) is 10.6 Å². The Bertz CT molecular complexity index is 764. The quantitative estimate of drug-likeness (QED) is 0.833. The van der Waals surface area contributed by atoms with E-state index in [4.69, 9.17) is 9.47 Å². The number of rotatable bonds is 6. The molecule has 0 aromatic heterocycles. The summed E-state index contributed by atoms with van der Waals surface area (Å²) in [6.45, 7) is 1.66. The predicted octanol–water partition coefficient (Wildman–Crippen LogP) is 2.46. The van der Waals surface area contributed by atoms with E-state index in [1.54, 1.807) is 26.4 Å². The zero-order valence-corrected chi connectivity index (χ0v) is 14.9. The van der Waals surface area contributed by atoms with Gasteiger partial charge in [0.15, 0.2) is 0 Å². The van der Waals surface area contributed by atoms with Gasteiger partial charge in [0, 0.05) is 31.1 Å². The van der Waals surface area contributed by atoms with E-state index in [1.807, 2.05) is 18.2 Å². The van der Waals surface area contributed by atoms with Crippen molar-refractivity contribution in [3.63, 3.8) is 0 Å². The van der Waals surface area contributed by atoms with Crippen LogP contribution in [-0.2, 0) is 11.3 Å². The van der Waals surface area contributed by atoms with Gasteiger partial charge in [-0.15, -0.1) is 0 Å². The second-order valence-electron chi connectivity index (χ2n) is 6.32. The Morgan fingerprint density at radius 1 is 1.15 bits per heavy atom. The molecule has 1 heterocycles. The van der Waals surface area contributed by atoms with Crippen LogP contribution in [0.4, 0.5) is 4.39 Å². The van der Waals surface area contributed by atoms with Gasteiger partial charge >= 0.3 is 0 Å². The molecule has 1 amide bonds. The highest BCUT2D eigenvalue weighted by molar-refractivity contribution is 5.80. The van der Waals surface area contributed by atoms with Crippen molar-refractivity contribution in [3.05, 3.63) is 59.4 Å². The number of carbonyl (C=O) groups excluding carboxylic acids is 1. The van der Waals surface area contributed by atoms with Crippen molar-refractivity contribution >= 4 is 5.91 Å². The summed E-state index contributed by atoms with van der Waals surface area (Å²) in [6, 6.07) is 11.8. The van der Waals surface area contributed by atoms with Crippen LogP contribution in [0.5, 0.6) is 11.5 Å². The molecule has 1 aliphatic heterocycles. The molecule has 2 atom stereocenters. The van der Waals surface area contributed by atoms with Crippen molar-refractivity contribution < 1.29 is 18.7 Å². The Morgan fingerprint density at radius 2 is 1.92 bits per heavy atom. The summed E-state index contributed by atoms with van der Waals surface area (Å²) < 4.78 is 23.8. The molecule has 2 aromatic rings. The molecule has 0 radical (unpaired) electrons. The number of nitrogens with one attached hydrogen (secondary N) is 2. The summed E-state index contributed by atoms with van der Waals surface area (Å²) in [5.74, 6) is 0.943. The Morgan fingerprint density at radius 3 is 2.62 bits per heavy atom. The molecule has 1 fully saturated rings. The van der Waals surface area contributed by atoms with Gasteiger partial charge in [0.05, 0.1) is 20.1 Å². The number of benzene rings is 2. The molecule has 2 N–H and O–H groups in total. The third-order valence-electron chi connectivity index (χ3n) is 4.77. The zero-order valence-electron chi connectivity index (χ0n) is 14.9. The van der Waals surface area contributed by atoms with Crippen LogP contribution in [0.25, 0.3) is 0 Å². The number of hydrogen-bond donors (Lipinski definition) is 2. The van der Waals surface area contributed by atoms with E-state index in [-0.39, 0.29) is 23.6 Å². The van der Waals surface area contributed by atoms with Crippen molar-refractivity contribution in [1.29, 1.82) is 0 Å². The molecule has 5 nitrogen and oxygen atoms in total. The maximum Gasteiger partial charge on any atom is 0.225 e. The lowest BCUT2D eigenvalue weighted by Crippen LogP contribution is -2.34. The molecule has 6 heteroatoms. The zero-order chi connectivity index (χ0) is 18.5. The van der Waals surface area contributed by atoms with Gasteiger partial charge in [0.25, 0.3) is 0 Å². The van der Waals surface area contributed by atoms with Gasteiger partial charge in [-0.1, -0.05) is 12.1 Å². The lowest BCUT2D eigenvalue weighted by atomic mass is 9.87. The molecule has 0 spiro atoms. The Kier molecular flexibility index (Phi) is 5.73. The Balaban J connectivity index is 1.73. The molecule has 0 saturated carbocycles. The van der Waals surface area contributed by atoms with Gasteiger partial charge in [0.2, 0.25) is 5.91 Å². The number of halogens is 1. The highest BCUT2D eigenvalue weighted by Crippen LogP contribution is 2.36. The number of carbonyl (C=O) groups is 1. The lowest BCUT2D eigenvalue weighted by Gasteiger charge is -2.21. The van der Waals surface area contributed by atoms with Crippen LogP contribution in [0.1, 0.15) is 17.0 Å². The normalized spacial score (nSPS) is 19.2. The molecule has 1 saturated heterocycles. The van der Waals surface area contributed by atoms with Gasteiger partial charge in [-0.25, -0.2) is 4.39 Å². The third-order valence-corrected chi connectivity index (χ3v) is 4.77. The van der Waals surface area contributed by atoms with Crippen molar-refractivity contribution in [2.45, 2.75) is 12.5 Å². The number of amides is 1. The van der Waals surface area contributed by atoms with E-state index in [1.165, 1.54) is 12.1 Å². The van der Waals surface area contributed by atoms with Crippen LogP contribution in [-0.4, -0.2) is 33.2 Å². The van der Waals surface area contributed by atoms with Crippen LogP contribution >= 0.6 is 0 Å². The molecular formula is C20H23FN2O3. The van der Waals surface area contributed by atoms with Gasteiger partial charge in [-0.05, 0) is 35.9 Å². The fourth-order valence-corrected chi connectivity index (χ4v) is 3.33. The summed E-state index contributed by atoms with van der Waals surface area (Å²) in [5.41, 5.74) is 1.82. The first-order chi connectivity index (χ1) is 12.6. The van der Waals surface area contributed by atoms with E-state index in [9.17, 15) is 9.18 Å². The Labute approximate surface area is 152 Å². The first kappa shape index (κ1) is 18.2. The number of hydrogen-bond acceptors (Lipinski definition) is 4. The third kappa shape index (κ3) is 3.96. The monoisotopic (exact) mass is 358 g/mol. The maximum atomic E-state index is 13.0. The number of ether oxygens (including phenoxy) is 2. The smallest absolute Gasteiger partial charge is 0.225 e. The molecule has 0 bridgehead atoms. The molecule has 138 valence electrons. The summed E-state index contributed by atoms with van der Waals surface area (Å²) in [6.07, 6.45) is 0. The number of methoxy groups -OCH3 is 2. The standard InChI is InChI=1S/C20H23FN2O3/c1-25-15-7-8-19(26-2)16(9-15)17-11-22-12-18(17)20(24)23-10-13-3-5-14(21)6-4-13/h3-9,17-18,22H,10-12H2,1-2H3,(H,23,24). The van der Waals surface area contributed by atoms with E-state index in [0.717, 1.165) is 22.6 Å². The molecule has 2 aromatic carbocycles. The second-order valence-corrected chi connectivity index (χ2v) is 6.32. The Hall–Kier alpha value is -2.60. The van der Waals surface area contributed by atoms with Crippen LogP contribution in [0.15, 0.2) is 42.5 Å². The van der Waals surface area contributed by atoms with Gasteiger partial charge < -0.3 is 20.1 Å². The van der Waals surface area contributed by atoms with Gasteiger partial charge in [-0.2, -0.15) is 0 Å². The molecule has 26 heavy (non-hydrogen) atoms. The van der Waals surface area contributed by atoms with Crippen molar-refractivity contribution in [2.75, 3.05) is 27.3 Å². The maximum absolute atomic E-state index is 13.0. The fourth-order valence-electron chi connectivity index (χ4n) is 3.33. The van der Waals surface area contributed by atoms with Gasteiger partial charge in [0.1, 0.15) is 17.3 Å². The van der Waals surface area contributed by atoms with Crippen LogP contribution < -0.4 is 20.1 Å². The fraction of sp³-hybridized carbons (Fsp3) is 0.350. The summed E-state index contributed by atoms with van der Waals surface area (Å²) in [4.78, 5) is 12.7. The van der Waals surface area contributed by atoms with Crippen molar-refractivity contribution in [2.24, 2.45) is 5.92 Å². The summed E-state index contributed by atoms with van der Waals surface area (Å²) in [5, 5.41) is 6.24. The largest absolute Gasteiger partial charge is 0.497 e. The molecule has 2 unspecified atom stereocenters. The van der Waals surface area contributed by atoms with Crippen molar-refractivity contribution in [1.82, 2.24) is 10.6 Å². The summed E-state index contributed by atoms with van der Waals surface area (Å²) >= 11 is 0. The highest BCUT2D eigenvalue weighted by Gasteiger charge is 2.35. The average Bonchev–Trinajstić information content (AvgIpc) is 3.16. The molecule has 1 aliphatic rings. The highest BCUT2D eigenvalue weighted by atomic mass is 19.1. The second kappa shape index (κ2) is 8.19. The molecule has 0 aliphatic carbocycles. The molecular weight excluding hydrogens is 335 g/mol. The van der Waals surface area contributed by atoms with Crippen LogP contribution in [0, 0.1) is 11.7 Å². The first-order valence-corrected chi connectivity index (χ1v) is 8.57. The van der Waals surface area contributed by atoms with Crippen LogP contribution in [0.2, 0.25) is 0 Å². The first-order valence-electron chi connectivity index (χ1n) is 8.57. The minimum atomic E-state index is -0.287. The SMILES string of the molecule is COc1ccc(OC)c(C2CNCC2C(=O)NCc2ccc(F)cc2)c1. The topological polar surface area (TPSA) is 59.6 Å². The average molecular weight is 358 g/mol. The minimum absolute atomic E-state index is 0.00623. The predicted molar refractivity (Wildman–Crippen MR) is 96.9 cm³/mol. The van der Waals surface area contributed by atoms with E-state index in [0.29, 0.717) is 19.6 Å². The van der Waals surface area contributed by atoms with E-state index < -0.39 is 0 Å². The minimum Gasteiger partial charge on any atom is -0.497 e. The summed E-state index contributed by atoms with van der Waals surface area (Å²) in [7, 11) is 3.24.